The van der Waals surface area contributed by atoms with Gasteiger partial charge >= 0.3 is 0 Å². The average molecular weight is 397 g/mol. The summed E-state index contributed by atoms with van der Waals surface area (Å²) in [5, 5.41) is 11.0. The van der Waals surface area contributed by atoms with E-state index >= 15 is 0 Å². The van der Waals surface area contributed by atoms with Gasteiger partial charge < -0.3 is 19.2 Å². The zero-order valence-electron chi connectivity index (χ0n) is 17.3. The molecule has 3 rings (SSSR count). The predicted octanol–water partition coefficient (Wildman–Crippen LogP) is 4.52. The van der Waals surface area contributed by atoms with Crippen LogP contribution in [0, 0.1) is 13.8 Å². The molecule has 154 valence electrons. The summed E-state index contributed by atoms with van der Waals surface area (Å²) < 4.78 is 11.3. The highest BCUT2D eigenvalue weighted by Crippen LogP contribution is 2.40. The Hall–Kier alpha value is -3.02. The number of likely N-dealkylation sites (tertiary alicyclic amines) is 1. The zero-order chi connectivity index (χ0) is 21.1. The summed E-state index contributed by atoms with van der Waals surface area (Å²) in [5.41, 5.74) is 1.36. The number of amides is 1. The lowest BCUT2D eigenvalue weighted by Gasteiger charge is -2.23. The summed E-state index contributed by atoms with van der Waals surface area (Å²) in [6.45, 7) is 8.55. The Bertz CT molecular complexity index is 956. The molecule has 1 atom stereocenters. The number of nitrogens with zero attached hydrogens (tertiary/aromatic N) is 1. The Kier molecular flexibility index (Phi) is 6.11. The second-order valence-corrected chi connectivity index (χ2v) is 7.21. The molecule has 0 aliphatic carbocycles. The first-order chi connectivity index (χ1) is 13.9. The number of ether oxygens (including phenoxy) is 1. The minimum absolute atomic E-state index is 0.0593. The number of furan rings is 1. The number of aliphatic hydroxyl groups is 1. The van der Waals surface area contributed by atoms with Crippen LogP contribution >= 0.6 is 0 Å². The van der Waals surface area contributed by atoms with Gasteiger partial charge in [0.05, 0.1) is 12.2 Å². The van der Waals surface area contributed by atoms with Crippen molar-refractivity contribution in [2.24, 2.45) is 0 Å². The van der Waals surface area contributed by atoms with Crippen LogP contribution in [0.25, 0.3) is 5.76 Å². The maximum atomic E-state index is 12.9. The number of rotatable bonds is 7. The highest BCUT2D eigenvalue weighted by molar-refractivity contribution is 6.46. The van der Waals surface area contributed by atoms with Crippen LogP contribution in [0.5, 0.6) is 5.75 Å². The second kappa shape index (κ2) is 8.55. The maximum absolute atomic E-state index is 12.9. The molecular formula is C23H27NO5. The van der Waals surface area contributed by atoms with Gasteiger partial charge in [0, 0.05) is 12.1 Å². The van der Waals surface area contributed by atoms with Gasteiger partial charge in [-0.3, -0.25) is 9.59 Å². The number of hydrogen-bond acceptors (Lipinski definition) is 5. The highest BCUT2D eigenvalue weighted by Gasteiger charge is 2.47. The summed E-state index contributed by atoms with van der Waals surface area (Å²) in [6, 6.07) is 8.01. The quantitative estimate of drug-likeness (QED) is 0.422. The number of carbonyl (C=O) groups is 2. The topological polar surface area (TPSA) is 80.0 Å². The summed E-state index contributed by atoms with van der Waals surface area (Å²) >= 11 is 0. The molecule has 0 bridgehead atoms. The normalized spacial score (nSPS) is 18.5. The average Bonchev–Trinajstić information content (AvgIpc) is 3.23. The van der Waals surface area contributed by atoms with Crippen LogP contribution in [0.4, 0.5) is 0 Å². The Labute approximate surface area is 170 Å². The van der Waals surface area contributed by atoms with E-state index in [1.165, 1.54) is 4.90 Å². The fraction of sp³-hybridized carbons (Fsp3) is 0.391. The summed E-state index contributed by atoms with van der Waals surface area (Å²) in [5.74, 6) is 0.365. The molecule has 2 heterocycles. The lowest BCUT2D eigenvalue weighted by molar-refractivity contribution is -0.140. The molecule has 29 heavy (non-hydrogen) atoms. The molecule has 1 unspecified atom stereocenters. The molecule has 0 radical (unpaired) electrons. The number of aliphatic hydroxyl groups excluding tert-OH is 1. The van der Waals surface area contributed by atoms with E-state index in [0.717, 1.165) is 18.4 Å². The van der Waals surface area contributed by atoms with E-state index in [4.69, 9.17) is 9.15 Å². The van der Waals surface area contributed by atoms with E-state index in [2.05, 4.69) is 0 Å². The minimum Gasteiger partial charge on any atom is -0.507 e. The molecule has 2 aromatic rings. The first-order valence-corrected chi connectivity index (χ1v) is 9.97. The Morgan fingerprint density at radius 1 is 1.17 bits per heavy atom. The fourth-order valence-electron chi connectivity index (χ4n) is 3.60. The smallest absolute Gasteiger partial charge is 0.295 e. The Balaban J connectivity index is 2.11. The molecule has 0 spiro atoms. The van der Waals surface area contributed by atoms with Gasteiger partial charge in [-0.25, -0.2) is 0 Å². The molecule has 1 aromatic carbocycles. The number of carbonyl (C=O) groups excluding carboxylic acids is 2. The van der Waals surface area contributed by atoms with Crippen LogP contribution in [0.1, 0.15) is 55.4 Å². The third-order valence-electron chi connectivity index (χ3n) is 5.07. The minimum atomic E-state index is -0.734. The Morgan fingerprint density at radius 2 is 1.93 bits per heavy atom. The SMILES string of the molecule is CCCCN1C(=O)C(=O)/C(=C(\O)c2ccc(OCC)c(C)c2)C1c1ccc(C)o1. The van der Waals surface area contributed by atoms with E-state index in [1.54, 1.807) is 37.3 Å². The number of unbranched alkanes of at least 4 members (excludes halogenated alkanes) is 1. The predicted molar refractivity (Wildman–Crippen MR) is 110 cm³/mol. The van der Waals surface area contributed by atoms with Gasteiger partial charge in [0.2, 0.25) is 0 Å². The third kappa shape index (κ3) is 3.92. The van der Waals surface area contributed by atoms with Gasteiger partial charge in [-0.05, 0) is 63.1 Å². The van der Waals surface area contributed by atoms with Gasteiger partial charge in [0.25, 0.3) is 11.7 Å². The van der Waals surface area contributed by atoms with Gasteiger partial charge in [0.1, 0.15) is 29.1 Å². The summed E-state index contributed by atoms with van der Waals surface area (Å²) in [4.78, 5) is 27.1. The van der Waals surface area contributed by atoms with E-state index in [1.807, 2.05) is 20.8 Å². The number of ketones is 1. The number of Topliss-reactive ketones (excluding diaryl/α,β-unsaturated/α-hetero) is 1. The maximum Gasteiger partial charge on any atom is 0.295 e. The van der Waals surface area contributed by atoms with Gasteiger partial charge in [0.15, 0.2) is 0 Å². The van der Waals surface area contributed by atoms with E-state index in [9.17, 15) is 14.7 Å². The van der Waals surface area contributed by atoms with Crippen molar-refractivity contribution in [2.45, 2.75) is 46.6 Å². The molecule has 1 aromatic heterocycles. The summed E-state index contributed by atoms with van der Waals surface area (Å²) in [7, 11) is 0. The molecule has 1 amide bonds. The van der Waals surface area contributed by atoms with E-state index < -0.39 is 17.7 Å². The van der Waals surface area contributed by atoms with Crippen molar-refractivity contribution in [3.63, 3.8) is 0 Å². The highest BCUT2D eigenvalue weighted by atomic mass is 16.5. The van der Waals surface area contributed by atoms with Crippen molar-refractivity contribution in [3.8, 4) is 5.75 Å². The molecule has 1 aliphatic rings. The number of hydrogen-bond donors (Lipinski definition) is 1. The van der Waals surface area contributed by atoms with Crippen LogP contribution in [0.15, 0.2) is 40.3 Å². The summed E-state index contributed by atoms with van der Waals surface area (Å²) in [6.07, 6.45) is 1.64. The van der Waals surface area contributed by atoms with Crippen LogP contribution in [0.3, 0.4) is 0 Å². The lowest BCUT2D eigenvalue weighted by Crippen LogP contribution is -2.30. The largest absolute Gasteiger partial charge is 0.507 e. The third-order valence-corrected chi connectivity index (χ3v) is 5.07. The van der Waals surface area contributed by atoms with Crippen molar-refractivity contribution in [1.82, 2.24) is 4.90 Å². The molecule has 6 nitrogen and oxygen atoms in total. The molecule has 1 fully saturated rings. The number of aryl methyl sites for hydroxylation is 2. The van der Waals surface area contributed by atoms with Gasteiger partial charge in [-0.1, -0.05) is 13.3 Å². The van der Waals surface area contributed by atoms with Crippen LogP contribution < -0.4 is 4.74 Å². The van der Waals surface area contributed by atoms with Crippen molar-refractivity contribution in [2.75, 3.05) is 13.2 Å². The van der Waals surface area contributed by atoms with Crippen LogP contribution in [-0.2, 0) is 9.59 Å². The molecule has 1 N–H and O–H groups in total. The zero-order valence-corrected chi connectivity index (χ0v) is 17.3. The standard InChI is InChI=1S/C23H27NO5/c1-5-7-12-24-20(18-10-8-15(4)29-18)19(22(26)23(24)27)21(25)16-9-11-17(28-6-2)14(3)13-16/h8-11,13,20,25H,5-7,12H2,1-4H3/b21-19-. The van der Waals surface area contributed by atoms with Gasteiger partial charge in [-0.2, -0.15) is 0 Å². The van der Waals surface area contributed by atoms with Crippen molar-refractivity contribution < 1.29 is 23.8 Å². The van der Waals surface area contributed by atoms with Gasteiger partial charge in [-0.15, -0.1) is 0 Å². The molecule has 0 saturated carbocycles. The van der Waals surface area contributed by atoms with Crippen LogP contribution in [0.2, 0.25) is 0 Å². The molecule has 1 saturated heterocycles. The number of benzene rings is 1. The van der Waals surface area contributed by atoms with Crippen molar-refractivity contribution in [1.29, 1.82) is 0 Å². The Morgan fingerprint density at radius 3 is 2.52 bits per heavy atom. The first kappa shape index (κ1) is 20.7. The molecule has 6 heteroatoms. The monoisotopic (exact) mass is 397 g/mol. The lowest BCUT2D eigenvalue weighted by atomic mass is 9.98. The first-order valence-electron chi connectivity index (χ1n) is 9.97. The fourth-order valence-corrected chi connectivity index (χ4v) is 3.60. The van der Waals surface area contributed by atoms with Crippen molar-refractivity contribution >= 4 is 17.4 Å². The van der Waals surface area contributed by atoms with Crippen LogP contribution in [-0.4, -0.2) is 34.8 Å². The molecular weight excluding hydrogens is 370 g/mol. The second-order valence-electron chi connectivity index (χ2n) is 7.21. The van der Waals surface area contributed by atoms with E-state index in [0.29, 0.717) is 36.0 Å². The van der Waals surface area contributed by atoms with E-state index in [-0.39, 0.29) is 11.3 Å². The van der Waals surface area contributed by atoms with Crippen molar-refractivity contribution in [3.05, 3.63) is 58.6 Å². The molecule has 1 aliphatic heterocycles.